The van der Waals surface area contributed by atoms with Crippen LogP contribution >= 0.6 is 0 Å². The average molecular weight is 640 g/mol. The standard InChI is InChI=1S/C45H29N5/c1-4-14-30(15-5-1)43-41(29-47-44(48-43)31-16-6-2-7-17-31)50-38-23-11-10-20-36(38)42-34(21-12-24-40(42)50)32-25-26-39-37(28-32)35-22-13-27-46-45(35)49(39)33-18-8-3-9-19-33/h1-29H. The number of nitrogens with zero attached hydrogens (tertiary/aromatic N) is 5. The number of rotatable bonds is 5. The van der Waals surface area contributed by atoms with Gasteiger partial charge in [-0.25, -0.2) is 15.0 Å². The minimum atomic E-state index is 0.701. The van der Waals surface area contributed by atoms with Crippen LogP contribution in [0.1, 0.15) is 0 Å². The molecule has 5 heteroatoms. The Kier molecular flexibility index (Phi) is 6.42. The summed E-state index contributed by atoms with van der Waals surface area (Å²) < 4.78 is 4.58. The third-order valence-corrected chi connectivity index (χ3v) is 9.64. The van der Waals surface area contributed by atoms with E-state index in [2.05, 4.69) is 137 Å². The summed E-state index contributed by atoms with van der Waals surface area (Å²) in [6.45, 7) is 0. The highest BCUT2D eigenvalue weighted by Gasteiger charge is 2.21. The van der Waals surface area contributed by atoms with Crippen molar-refractivity contribution in [2.24, 2.45) is 0 Å². The maximum absolute atomic E-state index is 5.21. The second kappa shape index (κ2) is 11.4. The van der Waals surface area contributed by atoms with Crippen LogP contribution in [0.3, 0.4) is 0 Å². The molecule has 0 aliphatic rings. The summed E-state index contributed by atoms with van der Waals surface area (Å²) in [5.41, 5.74) is 11.6. The Morgan fingerprint density at radius 1 is 0.440 bits per heavy atom. The van der Waals surface area contributed by atoms with Crippen LogP contribution < -0.4 is 0 Å². The van der Waals surface area contributed by atoms with Gasteiger partial charge in [-0.15, -0.1) is 0 Å². The molecule has 50 heavy (non-hydrogen) atoms. The molecule has 0 N–H and O–H groups in total. The van der Waals surface area contributed by atoms with Crippen molar-refractivity contribution in [1.82, 2.24) is 24.1 Å². The summed E-state index contributed by atoms with van der Waals surface area (Å²) in [5, 5.41) is 4.67. The molecule has 0 saturated heterocycles. The maximum Gasteiger partial charge on any atom is 0.159 e. The van der Waals surface area contributed by atoms with E-state index in [0.717, 1.165) is 61.3 Å². The minimum Gasteiger partial charge on any atom is -0.306 e. The Balaban J connectivity index is 1.23. The fourth-order valence-corrected chi connectivity index (χ4v) is 7.45. The van der Waals surface area contributed by atoms with Gasteiger partial charge in [0.15, 0.2) is 5.82 Å². The molecular formula is C45H29N5. The van der Waals surface area contributed by atoms with E-state index in [1.807, 2.05) is 48.8 Å². The van der Waals surface area contributed by atoms with Gasteiger partial charge in [0.25, 0.3) is 0 Å². The summed E-state index contributed by atoms with van der Waals surface area (Å²) in [5.74, 6) is 0.701. The molecule has 0 aliphatic carbocycles. The van der Waals surface area contributed by atoms with Crippen molar-refractivity contribution in [2.45, 2.75) is 0 Å². The number of hydrogen-bond donors (Lipinski definition) is 0. The summed E-state index contributed by atoms with van der Waals surface area (Å²) >= 11 is 0. The Labute approximate surface area is 288 Å². The van der Waals surface area contributed by atoms with Crippen LogP contribution in [0, 0.1) is 0 Å². The van der Waals surface area contributed by atoms with E-state index in [4.69, 9.17) is 15.0 Å². The van der Waals surface area contributed by atoms with Gasteiger partial charge in [0.2, 0.25) is 0 Å². The van der Waals surface area contributed by atoms with E-state index >= 15 is 0 Å². The first-order chi connectivity index (χ1) is 24.8. The molecule has 0 bridgehead atoms. The van der Waals surface area contributed by atoms with Crippen molar-refractivity contribution in [3.05, 3.63) is 176 Å². The van der Waals surface area contributed by atoms with Gasteiger partial charge in [0.05, 0.1) is 34.1 Å². The van der Waals surface area contributed by atoms with Crippen LogP contribution in [0.4, 0.5) is 0 Å². The summed E-state index contributed by atoms with van der Waals surface area (Å²) in [6.07, 6.45) is 3.85. The first kappa shape index (κ1) is 28.2. The molecule has 0 saturated carbocycles. The van der Waals surface area contributed by atoms with Crippen LogP contribution in [0.25, 0.3) is 88.9 Å². The summed E-state index contributed by atoms with van der Waals surface area (Å²) in [4.78, 5) is 15.0. The van der Waals surface area contributed by atoms with Crippen molar-refractivity contribution >= 4 is 43.7 Å². The molecule has 4 heterocycles. The highest BCUT2D eigenvalue weighted by molar-refractivity contribution is 6.17. The number of fused-ring (bicyclic) bond motifs is 6. The molecule has 0 atom stereocenters. The van der Waals surface area contributed by atoms with Crippen LogP contribution in [0.5, 0.6) is 0 Å². The second-order valence-electron chi connectivity index (χ2n) is 12.5. The van der Waals surface area contributed by atoms with E-state index < -0.39 is 0 Å². The van der Waals surface area contributed by atoms with Gasteiger partial charge in [0, 0.05) is 44.6 Å². The van der Waals surface area contributed by atoms with Gasteiger partial charge in [0.1, 0.15) is 5.65 Å². The SMILES string of the molecule is c1ccc(-c2ncc(-n3c4ccccc4c4c(-c5ccc6c(c5)c5cccnc5n6-c5ccccc5)cccc43)c(-c3ccccc3)n2)cc1. The lowest BCUT2D eigenvalue weighted by Gasteiger charge is -2.14. The van der Waals surface area contributed by atoms with Gasteiger partial charge in [-0.3, -0.25) is 4.57 Å². The quantitative estimate of drug-likeness (QED) is 0.188. The van der Waals surface area contributed by atoms with Crippen LogP contribution in [0.2, 0.25) is 0 Å². The zero-order valence-corrected chi connectivity index (χ0v) is 27.0. The lowest BCUT2D eigenvalue weighted by Crippen LogP contribution is -2.02. The van der Waals surface area contributed by atoms with Crippen molar-refractivity contribution < 1.29 is 0 Å². The van der Waals surface area contributed by atoms with Crippen LogP contribution in [-0.4, -0.2) is 24.1 Å². The third kappa shape index (κ3) is 4.37. The number of aromatic nitrogens is 5. The number of hydrogen-bond acceptors (Lipinski definition) is 3. The first-order valence-corrected chi connectivity index (χ1v) is 16.8. The van der Waals surface area contributed by atoms with Crippen molar-refractivity contribution in [2.75, 3.05) is 0 Å². The molecule has 0 amide bonds. The van der Waals surface area contributed by atoms with Crippen molar-refractivity contribution in [3.63, 3.8) is 0 Å². The number of pyridine rings is 1. The van der Waals surface area contributed by atoms with Crippen molar-refractivity contribution in [3.8, 4) is 45.1 Å². The molecule has 5 nitrogen and oxygen atoms in total. The Bertz CT molecular complexity index is 2850. The van der Waals surface area contributed by atoms with Gasteiger partial charge < -0.3 is 4.57 Å². The number of para-hydroxylation sites is 2. The third-order valence-electron chi connectivity index (χ3n) is 9.64. The highest BCUT2D eigenvalue weighted by Crippen LogP contribution is 2.42. The largest absolute Gasteiger partial charge is 0.306 e. The van der Waals surface area contributed by atoms with Crippen molar-refractivity contribution in [1.29, 1.82) is 0 Å². The fourth-order valence-electron chi connectivity index (χ4n) is 7.45. The van der Waals surface area contributed by atoms with Gasteiger partial charge in [-0.1, -0.05) is 115 Å². The van der Waals surface area contributed by atoms with E-state index in [0.29, 0.717) is 5.82 Å². The lowest BCUT2D eigenvalue weighted by molar-refractivity contribution is 1.09. The molecule has 10 rings (SSSR count). The zero-order chi connectivity index (χ0) is 33.0. The predicted molar refractivity (Wildman–Crippen MR) is 205 cm³/mol. The smallest absolute Gasteiger partial charge is 0.159 e. The Morgan fingerprint density at radius 3 is 1.94 bits per heavy atom. The molecule has 234 valence electrons. The summed E-state index contributed by atoms with van der Waals surface area (Å²) in [7, 11) is 0. The summed E-state index contributed by atoms with van der Waals surface area (Å²) in [6, 6.07) is 57.3. The molecule has 10 aromatic rings. The van der Waals surface area contributed by atoms with Gasteiger partial charge in [-0.05, 0) is 59.7 Å². The fraction of sp³-hybridized carbons (Fsp3) is 0. The number of benzene rings is 6. The topological polar surface area (TPSA) is 48.5 Å². The monoisotopic (exact) mass is 639 g/mol. The lowest BCUT2D eigenvalue weighted by atomic mass is 9.98. The van der Waals surface area contributed by atoms with E-state index in [1.54, 1.807) is 0 Å². The van der Waals surface area contributed by atoms with Gasteiger partial charge in [-0.2, -0.15) is 0 Å². The van der Waals surface area contributed by atoms with Gasteiger partial charge >= 0.3 is 0 Å². The van der Waals surface area contributed by atoms with E-state index in [1.165, 1.54) is 21.7 Å². The highest BCUT2D eigenvalue weighted by atomic mass is 15.0. The molecule has 0 spiro atoms. The predicted octanol–water partition coefficient (Wildman–Crippen LogP) is 11.1. The molecule has 4 aromatic heterocycles. The molecule has 0 unspecified atom stereocenters. The maximum atomic E-state index is 5.21. The Hall–Kier alpha value is -6.85. The zero-order valence-electron chi connectivity index (χ0n) is 27.0. The molecule has 6 aromatic carbocycles. The molecule has 0 fully saturated rings. The Morgan fingerprint density at radius 2 is 1.12 bits per heavy atom. The minimum absolute atomic E-state index is 0.701. The van der Waals surface area contributed by atoms with Crippen LogP contribution in [-0.2, 0) is 0 Å². The molecule has 0 radical (unpaired) electrons. The van der Waals surface area contributed by atoms with E-state index in [-0.39, 0.29) is 0 Å². The molecular weight excluding hydrogens is 611 g/mol. The van der Waals surface area contributed by atoms with Crippen LogP contribution in [0.15, 0.2) is 176 Å². The first-order valence-electron chi connectivity index (χ1n) is 16.8. The second-order valence-corrected chi connectivity index (χ2v) is 12.5. The normalized spacial score (nSPS) is 11.6. The van der Waals surface area contributed by atoms with E-state index in [9.17, 15) is 0 Å². The molecule has 0 aliphatic heterocycles. The average Bonchev–Trinajstić information content (AvgIpc) is 3.71.